The first-order valence-corrected chi connectivity index (χ1v) is 24.2. The van der Waals surface area contributed by atoms with Crippen LogP contribution in [0.5, 0.6) is 11.5 Å². The van der Waals surface area contributed by atoms with Gasteiger partial charge in [-0.05, 0) is 95.3 Å². The number of ether oxygens (including phenoxy) is 3. The van der Waals surface area contributed by atoms with E-state index >= 15 is 0 Å². The molecule has 348 valence electrons. The standard InChI is InChI=1S/C59H49NO9P/c1-41-33-49(58(61)65-38-45-19-9-4-10-20-45)34-42(2)57(41)68-59(62)56-51-25-15-16-26-53(51)60-54-36-48(29-32-52(54)56)55(35-43-27-30-50(31-28-43)64-37-44-17-7-3-8-18-44)69-70(63,66-39-46-21-11-5-12-22-46)67-40-47-23-13-6-14-24-47/h3-36,63H,37-40H2,1-2H3/q+1/b55-35-. The van der Waals surface area contributed by atoms with Gasteiger partial charge in [0.25, 0.3) is 0 Å². The van der Waals surface area contributed by atoms with E-state index in [-0.39, 0.29) is 25.6 Å². The van der Waals surface area contributed by atoms with Gasteiger partial charge in [-0.25, -0.2) is 14.6 Å². The van der Waals surface area contributed by atoms with Crippen LogP contribution in [0.25, 0.3) is 33.6 Å². The van der Waals surface area contributed by atoms with E-state index in [0.29, 0.717) is 67.7 Å². The summed E-state index contributed by atoms with van der Waals surface area (Å²) in [7, 11) is -4.13. The second kappa shape index (κ2) is 22.0. The average Bonchev–Trinajstić information content (AvgIpc) is 3.40. The molecule has 0 aliphatic heterocycles. The van der Waals surface area contributed by atoms with Gasteiger partial charge >= 0.3 is 20.1 Å². The number of hydrogen-bond donors (Lipinski definition) is 1. The molecule has 0 amide bonds. The van der Waals surface area contributed by atoms with E-state index in [2.05, 4.69) is 0 Å². The molecule has 0 saturated carbocycles. The Balaban J connectivity index is 1.06. The van der Waals surface area contributed by atoms with Crippen LogP contribution < -0.4 is 9.47 Å². The second-order valence-electron chi connectivity index (χ2n) is 16.6. The SMILES string of the molecule is Cc1cc(C(=O)OCc2ccccc2)cc(C)c1OC(=O)c1c2ccccc2nc2cc(/C(=C/c3ccc(OCc4ccccc4)cc3)O[P+](O)(OCc3ccccc3)OCc3ccccc3)ccc12. The summed E-state index contributed by atoms with van der Waals surface area (Å²) in [4.78, 5) is 45.0. The summed E-state index contributed by atoms with van der Waals surface area (Å²) in [5.41, 5.74) is 7.65. The topological polar surface area (TPSA) is 123 Å². The maximum absolute atomic E-state index is 14.6. The number of esters is 2. The number of carbonyl (C=O) groups is 2. The van der Waals surface area contributed by atoms with Crippen molar-refractivity contribution in [2.24, 2.45) is 0 Å². The minimum absolute atomic E-state index is 0.0113. The van der Waals surface area contributed by atoms with Gasteiger partial charge in [0.15, 0.2) is 5.76 Å². The number of fused-ring (bicyclic) bond motifs is 2. The molecule has 0 spiro atoms. The first kappa shape index (κ1) is 47.1. The van der Waals surface area contributed by atoms with E-state index in [1.54, 1.807) is 50.3 Å². The molecule has 0 radical (unpaired) electrons. The monoisotopic (exact) mass is 946 g/mol. The smallest absolute Gasteiger partial charge is 0.489 e. The molecule has 0 bridgehead atoms. The van der Waals surface area contributed by atoms with Gasteiger partial charge < -0.3 is 14.2 Å². The van der Waals surface area contributed by atoms with Crippen LogP contribution in [0.2, 0.25) is 0 Å². The highest BCUT2D eigenvalue weighted by Gasteiger charge is 2.48. The second-order valence-corrected chi connectivity index (χ2v) is 18.2. The van der Waals surface area contributed by atoms with Crippen LogP contribution in [-0.2, 0) is 44.7 Å². The summed E-state index contributed by atoms with van der Waals surface area (Å²) in [6, 6.07) is 61.9. The third-order valence-electron chi connectivity index (χ3n) is 11.4. The summed E-state index contributed by atoms with van der Waals surface area (Å²) in [6.45, 7) is 4.13. The third kappa shape index (κ3) is 11.8. The lowest BCUT2D eigenvalue weighted by molar-refractivity contribution is 0.0472. The van der Waals surface area contributed by atoms with Gasteiger partial charge in [-0.1, -0.05) is 164 Å². The molecule has 8 aromatic carbocycles. The summed E-state index contributed by atoms with van der Waals surface area (Å²) < 4.78 is 36.9. The van der Waals surface area contributed by atoms with Gasteiger partial charge in [0.2, 0.25) is 0 Å². The van der Waals surface area contributed by atoms with E-state index in [9.17, 15) is 14.5 Å². The summed E-state index contributed by atoms with van der Waals surface area (Å²) in [5, 5.41) is 1.11. The zero-order chi connectivity index (χ0) is 48.3. The normalized spacial score (nSPS) is 11.6. The van der Waals surface area contributed by atoms with Crippen molar-refractivity contribution in [2.45, 2.75) is 40.3 Å². The number of benzene rings is 8. The van der Waals surface area contributed by atoms with Crippen molar-refractivity contribution in [1.29, 1.82) is 0 Å². The van der Waals surface area contributed by atoms with Crippen LogP contribution in [0.3, 0.4) is 0 Å². The summed E-state index contributed by atoms with van der Waals surface area (Å²) in [5.74, 6) is 0.147. The molecule has 0 saturated heterocycles. The van der Waals surface area contributed by atoms with Gasteiger partial charge in [-0.2, -0.15) is 4.89 Å². The van der Waals surface area contributed by atoms with Gasteiger partial charge in [0, 0.05) is 16.3 Å². The number of aryl methyl sites for hydroxylation is 2. The first-order valence-electron chi connectivity index (χ1n) is 22.7. The van der Waals surface area contributed by atoms with Crippen molar-refractivity contribution in [3.05, 3.63) is 256 Å². The van der Waals surface area contributed by atoms with Crippen LogP contribution in [0, 0.1) is 13.8 Å². The first-order chi connectivity index (χ1) is 34.2. The largest absolute Gasteiger partial charge is 0.619 e. The number of para-hydroxylation sites is 1. The average molecular weight is 947 g/mol. The van der Waals surface area contributed by atoms with E-state index in [0.717, 1.165) is 27.8 Å². The van der Waals surface area contributed by atoms with Gasteiger partial charge in [0.05, 0.1) is 22.2 Å². The molecule has 0 atom stereocenters. The predicted molar refractivity (Wildman–Crippen MR) is 273 cm³/mol. The van der Waals surface area contributed by atoms with Crippen molar-refractivity contribution in [3.63, 3.8) is 0 Å². The number of nitrogens with zero attached hydrogens (tertiary/aromatic N) is 1. The van der Waals surface area contributed by atoms with E-state index in [1.165, 1.54) is 0 Å². The number of rotatable bonds is 18. The molecule has 0 aliphatic carbocycles. The minimum atomic E-state index is -4.13. The quantitative estimate of drug-likeness (QED) is 0.0222. The molecule has 1 N–H and O–H groups in total. The highest BCUT2D eigenvalue weighted by Crippen LogP contribution is 2.62. The molecule has 11 heteroatoms. The van der Waals surface area contributed by atoms with Crippen molar-refractivity contribution < 1.29 is 42.3 Å². The Labute approximate surface area is 407 Å². The molecular weight excluding hydrogens is 898 g/mol. The zero-order valence-electron chi connectivity index (χ0n) is 38.6. The molecule has 0 aliphatic rings. The Kier molecular flexibility index (Phi) is 14.8. The fourth-order valence-electron chi connectivity index (χ4n) is 7.84. The summed E-state index contributed by atoms with van der Waals surface area (Å²) in [6.07, 6.45) is 1.79. The van der Waals surface area contributed by atoms with Gasteiger partial charge in [0.1, 0.15) is 37.9 Å². The lowest BCUT2D eigenvalue weighted by Crippen LogP contribution is -2.13. The molecular formula is C59H49NO9P+. The highest BCUT2D eigenvalue weighted by atomic mass is 31.2. The molecule has 10 nitrogen and oxygen atoms in total. The maximum Gasteiger partial charge on any atom is 0.619 e. The molecule has 9 aromatic rings. The number of carbonyl (C=O) groups excluding carboxylic acids is 2. The van der Waals surface area contributed by atoms with Crippen LogP contribution in [0.15, 0.2) is 200 Å². The van der Waals surface area contributed by atoms with Crippen LogP contribution >= 0.6 is 8.17 Å². The van der Waals surface area contributed by atoms with Crippen LogP contribution in [0.4, 0.5) is 0 Å². The van der Waals surface area contributed by atoms with Crippen molar-refractivity contribution in [3.8, 4) is 11.5 Å². The zero-order valence-corrected chi connectivity index (χ0v) is 39.5. The van der Waals surface area contributed by atoms with E-state index in [1.807, 2.05) is 170 Å². The Bertz CT molecular complexity index is 3210. The van der Waals surface area contributed by atoms with E-state index < -0.39 is 20.1 Å². The Morgan fingerprint density at radius 2 is 1.04 bits per heavy atom. The summed E-state index contributed by atoms with van der Waals surface area (Å²) >= 11 is 0. The van der Waals surface area contributed by atoms with Crippen LogP contribution in [-0.4, -0.2) is 21.8 Å². The van der Waals surface area contributed by atoms with E-state index in [4.69, 9.17) is 32.8 Å². The number of pyridine rings is 1. The van der Waals surface area contributed by atoms with Gasteiger partial charge in [-0.15, -0.1) is 9.05 Å². The maximum atomic E-state index is 14.6. The Morgan fingerprint density at radius 3 is 1.63 bits per heavy atom. The highest BCUT2D eigenvalue weighted by molar-refractivity contribution is 7.55. The van der Waals surface area contributed by atoms with Crippen molar-refractivity contribution in [2.75, 3.05) is 0 Å². The molecule has 0 unspecified atom stereocenters. The molecule has 9 rings (SSSR count). The Morgan fingerprint density at radius 1 is 0.529 bits per heavy atom. The molecule has 1 aromatic heterocycles. The number of hydrogen-bond acceptors (Lipinski definition) is 10. The lowest BCUT2D eigenvalue weighted by Gasteiger charge is -2.18. The number of aromatic nitrogens is 1. The fraction of sp³-hybridized carbons (Fsp3) is 0.102. The lowest BCUT2D eigenvalue weighted by atomic mass is 10.00. The third-order valence-corrected chi connectivity index (χ3v) is 12.7. The fourth-order valence-corrected chi connectivity index (χ4v) is 9.05. The minimum Gasteiger partial charge on any atom is -0.489 e. The van der Waals surface area contributed by atoms with Crippen molar-refractivity contribution >= 4 is 53.7 Å². The molecule has 0 fully saturated rings. The predicted octanol–water partition coefficient (Wildman–Crippen LogP) is 13.8. The Hall–Kier alpha value is -7.98. The van der Waals surface area contributed by atoms with Crippen LogP contribution in [0.1, 0.15) is 65.2 Å². The van der Waals surface area contributed by atoms with Crippen molar-refractivity contribution in [1.82, 2.24) is 4.98 Å². The molecule has 70 heavy (non-hydrogen) atoms. The van der Waals surface area contributed by atoms with Gasteiger partial charge in [-0.3, -0.25) is 4.52 Å². The molecule has 1 heterocycles.